The van der Waals surface area contributed by atoms with Crippen LogP contribution in [0.3, 0.4) is 0 Å². The summed E-state index contributed by atoms with van der Waals surface area (Å²) in [7, 11) is 0. The summed E-state index contributed by atoms with van der Waals surface area (Å²) >= 11 is 4.13. The van der Waals surface area contributed by atoms with Crippen LogP contribution in [0.2, 0.25) is 0 Å². The molecule has 1 atom stereocenters. The van der Waals surface area contributed by atoms with Crippen molar-refractivity contribution >= 4 is 17.7 Å². The Labute approximate surface area is 75.3 Å². The van der Waals surface area contributed by atoms with Gasteiger partial charge in [-0.3, -0.25) is 0 Å². The third kappa shape index (κ3) is 6.21. The van der Waals surface area contributed by atoms with Crippen molar-refractivity contribution in [2.45, 2.75) is 12.5 Å². The maximum atomic E-state index is 10.1. The quantitative estimate of drug-likeness (QED) is 0.427. The van der Waals surface area contributed by atoms with E-state index in [0.717, 1.165) is 0 Å². The number of aliphatic hydroxyl groups is 1. The van der Waals surface area contributed by atoms with Crippen molar-refractivity contribution in [1.29, 1.82) is 0 Å². The van der Waals surface area contributed by atoms with E-state index in [9.17, 15) is 4.79 Å². The topological polar surface area (TPSA) is 37.3 Å². The zero-order valence-electron chi connectivity index (χ0n) is 4.63. The molecule has 0 heterocycles. The molecule has 2 nitrogen and oxygen atoms in total. The number of carbonyl (C=O) groups is 1. The first-order valence-corrected chi connectivity index (χ1v) is 2.59. The van der Waals surface area contributed by atoms with Crippen molar-refractivity contribution in [3.05, 3.63) is 12.7 Å². The average molecular weight is 239 g/mol. The molecule has 0 aromatic rings. The van der Waals surface area contributed by atoms with Gasteiger partial charge in [0.05, 0.1) is 6.10 Å². The van der Waals surface area contributed by atoms with Crippen LogP contribution in [-0.2, 0) is 39.8 Å². The van der Waals surface area contributed by atoms with Crippen LogP contribution < -0.4 is 0 Å². The van der Waals surface area contributed by atoms with Gasteiger partial charge in [-0.15, -0.1) is 6.58 Å². The molecule has 0 fully saturated rings. The molecular formula is C5H7AgO2S. The maximum absolute atomic E-state index is 10.1. The Morgan fingerprint density at radius 1 is 1.89 bits per heavy atom. The van der Waals surface area contributed by atoms with Crippen LogP contribution in [-0.4, -0.2) is 16.3 Å². The van der Waals surface area contributed by atoms with Gasteiger partial charge in [-0.25, -0.2) is 0 Å². The van der Waals surface area contributed by atoms with Gasteiger partial charge in [0.2, 0.25) is 0 Å². The van der Waals surface area contributed by atoms with Crippen molar-refractivity contribution in [3.63, 3.8) is 0 Å². The van der Waals surface area contributed by atoms with E-state index in [4.69, 9.17) is 5.11 Å². The van der Waals surface area contributed by atoms with Crippen molar-refractivity contribution in [2.24, 2.45) is 0 Å². The first-order valence-electron chi connectivity index (χ1n) is 2.18. The number of hydrogen-bond acceptors (Lipinski definition) is 3. The van der Waals surface area contributed by atoms with Gasteiger partial charge >= 0.3 is 22.4 Å². The van der Waals surface area contributed by atoms with Crippen LogP contribution >= 0.6 is 0 Å². The summed E-state index contributed by atoms with van der Waals surface area (Å²) in [6, 6.07) is 0. The zero-order chi connectivity index (χ0) is 6.57. The van der Waals surface area contributed by atoms with E-state index in [1.807, 2.05) is 0 Å². The second kappa shape index (κ2) is 6.45. The fraction of sp³-hybridized carbons (Fsp3) is 0.400. The molecule has 0 spiro atoms. The Hall–Kier alpha value is 0.330. The largest absolute Gasteiger partial charge is 1.00 e. The van der Waals surface area contributed by atoms with Gasteiger partial charge in [-0.2, -0.15) is 0 Å². The molecule has 56 valence electrons. The first kappa shape index (κ1) is 12.0. The molecule has 0 aliphatic heterocycles. The van der Waals surface area contributed by atoms with E-state index in [-0.39, 0.29) is 28.8 Å². The molecule has 0 aliphatic rings. The Kier molecular flexibility index (Phi) is 8.64. The minimum atomic E-state index is -1.03. The smallest absolute Gasteiger partial charge is 0.739 e. The summed E-state index contributed by atoms with van der Waals surface area (Å²) in [4.78, 5) is 10.1. The normalized spacial score (nSPS) is 11.2. The summed E-state index contributed by atoms with van der Waals surface area (Å²) in [6.45, 7) is 3.32. The summed E-state index contributed by atoms with van der Waals surface area (Å²) < 4.78 is 0. The van der Waals surface area contributed by atoms with Gasteiger partial charge in [0.25, 0.3) is 0 Å². The van der Waals surface area contributed by atoms with Gasteiger partial charge in [0.15, 0.2) is 0 Å². The molecule has 0 aliphatic carbocycles. The van der Waals surface area contributed by atoms with Gasteiger partial charge in [-0.1, -0.05) is 6.08 Å². The van der Waals surface area contributed by atoms with Gasteiger partial charge in [0, 0.05) is 5.12 Å². The molecule has 0 radical (unpaired) electrons. The standard InChI is InChI=1S/C5H8O2S.Ag/c1-2-3-4(6)5(7)8;/h2,4,6H,1,3H2,(H,7,8);/q;+1/p-1/t4-;/m0./s1. The Morgan fingerprint density at radius 3 is 2.44 bits per heavy atom. The molecule has 4 heteroatoms. The SMILES string of the molecule is C=CC[C@H](O)C(=O)[S-].[Ag+]. The summed E-state index contributed by atoms with van der Waals surface area (Å²) in [5, 5.41) is 7.98. The van der Waals surface area contributed by atoms with E-state index in [0.29, 0.717) is 0 Å². The minimum Gasteiger partial charge on any atom is -0.739 e. The molecule has 0 aromatic heterocycles. The summed E-state index contributed by atoms with van der Waals surface area (Å²) in [5.41, 5.74) is 0. The molecule has 9 heavy (non-hydrogen) atoms. The Morgan fingerprint density at radius 2 is 2.33 bits per heavy atom. The van der Waals surface area contributed by atoms with Crippen molar-refractivity contribution in [3.8, 4) is 0 Å². The molecule has 0 aromatic carbocycles. The van der Waals surface area contributed by atoms with Crippen molar-refractivity contribution in [2.75, 3.05) is 0 Å². The van der Waals surface area contributed by atoms with Crippen LogP contribution in [0, 0.1) is 0 Å². The van der Waals surface area contributed by atoms with Gasteiger partial charge in [-0.05, 0) is 6.42 Å². The third-order valence-electron chi connectivity index (χ3n) is 0.662. The van der Waals surface area contributed by atoms with Crippen LogP contribution in [0.4, 0.5) is 0 Å². The van der Waals surface area contributed by atoms with E-state index < -0.39 is 11.2 Å². The third-order valence-corrected chi connectivity index (χ3v) is 0.934. The Balaban J connectivity index is 0. The summed E-state index contributed by atoms with van der Waals surface area (Å²) in [5.74, 6) is 0. The molecule has 0 amide bonds. The predicted molar refractivity (Wildman–Crippen MR) is 33.2 cm³/mol. The number of hydrogen-bond donors (Lipinski definition) is 1. The fourth-order valence-electron chi connectivity index (χ4n) is 0.254. The van der Waals surface area contributed by atoms with E-state index in [1.165, 1.54) is 6.08 Å². The van der Waals surface area contributed by atoms with Crippen LogP contribution in [0.5, 0.6) is 0 Å². The monoisotopic (exact) mass is 238 g/mol. The number of aliphatic hydroxyl groups excluding tert-OH is 1. The number of carbonyl (C=O) groups excluding carboxylic acids is 1. The maximum Gasteiger partial charge on any atom is 1.00 e. The van der Waals surface area contributed by atoms with Crippen molar-refractivity contribution < 1.29 is 32.3 Å². The molecule has 0 saturated heterocycles. The minimum absolute atomic E-state index is 0. The van der Waals surface area contributed by atoms with Gasteiger partial charge < -0.3 is 22.5 Å². The number of rotatable bonds is 3. The second-order valence-electron chi connectivity index (χ2n) is 1.36. The molecule has 0 rings (SSSR count). The predicted octanol–water partition coefficient (Wildman–Crippen LogP) is -0.00560. The van der Waals surface area contributed by atoms with Gasteiger partial charge in [0.1, 0.15) is 0 Å². The Bertz CT molecular complexity index is 105. The second-order valence-corrected chi connectivity index (χ2v) is 1.76. The van der Waals surface area contributed by atoms with Crippen LogP contribution in [0.15, 0.2) is 12.7 Å². The van der Waals surface area contributed by atoms with E-state index in [1.54, 1.807) is 0 Å². The fourth-order valence-corrected chi connectivity index (χ4v) is 0.350. The molecular weight excluding hydrogens is 232 g/mol. The zero-order valence-corrected chi connectivity index (χ0v) is 6.93. The first-order chi connectivity index (χ1) is 3.68. The summed E-state index contributed by atoms with van der Waals surface area (Å²) in [6.07, 6.45) is 0.680. The average Bonchev–Trinajstić information content (AvgIpc) is 1.67. The van der Waals surface area contributed by atoms with Crippen LogP contribution in [0.1, 0.15) is 6.42 Å². The molecule has 0 bridgehead atoms. The van der Waals surface area contributed by atoms with E-state index >= 15 is 0 Å². The molecule has 1 N–H and O–H groups in total. The van der Waals surface area contributed by atoms with Crippen LogP contribution in [0.25, 0.3) is 0 Å². The van der Waals surface area contributed by atoms with E-state index in [2.05, 4.69) is 19.2 Å². The molecule has 0 saturated carbocycles. The van der Waals surface area contributed by atoms with Crippen molar-refractivity contribution in [1.82, 2.24) is 0 Å². The molecule has 0 unspecified atom stereocenters.